The van der Waals surface area contributed by atoms with Crippen molar-refractivity contribution in [3.63, 3.8) is 0 Å². The molecule has 134 valence electrons. The largest absolute Gasteiger partial charge is 0.350 e. The highest BCUT2D eigenvalue weighted by Gasteiger charge is 2.22. The molecule has 0 unspecified atom stereocenters. The molecule has 1 saturated heterocycles. The number of rotatable bonds is 3. The maximum absolute atomic E-state index is 12.7. The predicted molar refractivity (Wildman–Crippen MR) is 105 cm³/mol. The van der Waals surface area contributed by atoms with Crippen LogP contribution in [-0.4, -0.2) is 46.5 Å². The van der Waals surface area contributed by atoms with Crippen LogP contribution in [0.5, 0.6) is 0 Å². The summed E-state index contributed by atoms with van der Waals surface area (Å²) >= 11 is 0. The zero-order valence-electron chi connectivity index (χ0n) is 15.5. The molecule has 1 amide bonds. The van der Waals surface area contributed by atoms with E-state index in [0.717, 1.165) is 38.3 Å². The zero-order valence-corrected chi connectivity index (χ0v) is 15.5. The normalized spacial score (nSPS) is 15.5. The monoisotopic (exact) mass is 347 g/mol. The average molecular weight is 347 g/mol. The minimum absolute atomic E-state index is 0.148. The molecule has 1 fully saturated rings. The summed E-state index contributed by atoms with van der Waals surface area (Å²) in [5, 5.41) is 1.33. The Morgan fingerprint density at radius 1 is 0.962 bits per heavy atom. The minimum atomic E-state index is 0.148. The van der Waals surface area contributed by atoms with Gasteiger partial charge in [-0.25, -0.2) is 0 Å². The molecule has 1 aromatic heterocycles. The van der Waals surface area contributed by atoms with E-state index >= 15 is 0 Å². The molecule has 0 atom stereocenters. The molecule has 4 nitrogen and oxygen atoms in total. The third-order valence-electron chi connectivity index (χ3n) is 5.33. The summed E-state index contributed by atoms with van der Waals surface area (Å²) in [5.74, 6) is 0.148. The highest BCUT2D eigenvalue weighted by Crippen LogP contribution is 2.22. The molecule has 3 aromatic rings. The standard InChI is InChI=1S/C22H25N3O/c1-17-7-9-18(10-8-17)22(26)25-13-11-24(12-14-25)16-19-15-23(2)21-6-4-3-5-20(19)21/h3-10,15H,11-14,16H2,1-2H3. The fourth-order valence-corrected chi connectivity index (χ4v) is 3.78. The van der Waals surface area contributed by atoms with E-state index in [2.05, 4.69) is 47.0 Å². The molecule has 0 N–H and O–H groups in total. The second-order valence-corrected chi connectivity index (χ2v) is 7.22. The van der Waals surface area contributed by atoms with E-state index in [-0.39, 0.29) is 5.91 Å². The summed E-state index contributed by atoms with van der Waals surface area (Å²) in [6.07, 6.45) is 2.23. The minimum Gasteiger partial charge on any atom is -0.350 e. The van der Waals surface area contributed by atoms with Crippen molar-refractivity contribution in [2.24, 2.45) is 7.05 Å². The first kappa shape index (κ1) is 16.9. The molecule has 2 heterocycles. The molecule has 4 heteroatoms. The molecule has 0 aliphatic carbocycles. The highest BCUT2D eigenvalue weighted by molar-refractivity contribution is 5.94. The van der Waals surface area contributed by atoms with Crippen LogP contribution in [0, 0.1) is 6.92 Å². The number of hydrogen-bond donors (Lipinski definition) is 0. The van der Waals surface area contributed by atoms with Crippen LogP contribution in [0.1, 0.15) is 21.5 Å². The Hall–Kier alpha value is -2.59. The van der Waals surface area contributed by atoms with Crippen molar-refractivity contribution >= 4 is 16.8 Å². The molecule has 0 radical (unpaired) electrons. The topological polar surface area (TPSA) is 28.5 Å². The van der Waals surface area contributed by atoms with Crippen molar-refractivity contribution in [1.29, 1.82) is 0 Å². The molecular formula is C22H25N3O. The molecule has 0 saturated carbocycles. The van der Waals surface area contributed by atoms with Gasteiger partial charge in [0.05, 0.1) is 0 Å². The molecule has 0 spiro atoms. The van der Waals surface area contributed by atoms with Crippen LogP contribution in [0.3, 0.4) is 0 Å². The van der Waals surface area contributed by atoms with Crippen molar-refractivity contribution < 1.29 is 4.79 Å². The van der Waals surface area contributed by atoms with Crippen LogP contribution in [-0.2, 0) is 13.6 Å². The SMILES string of the molecule is Cc1ccc(C(=O)N2CCN(Cc3cn(C)c4ccccc34)CC2)cc1. The van der Waals surface area contributed by atoms with Crippen molar-refractivity contribution in [2.45, 2.75) is 13.5 Å². The van der Waals surface area contributed by atoms with Gasteiger partial charge in [-0.1, -0.05) is 35.9 Å². The van der Waals surface area contributed by atoms with Crippen LogP contribution in [0.25, 0.3) is 10.9 Å². The van der Waals surface area contributed by atoms with Gasteiger partial charge in [0.25, 0.3) is 5.91 Å². The van der Waals surface area contributed by atoms with Crippen LogP contribution in [0.15, 0.2) is 54.7 Å². The maximum Gasteiger partial charge on any atom is 0.253 e. The van der Waals surface area contributed by atoms with Crippen LogP contribution < -0.4 is 0 Å². The third kappa shape index (κ3) is 3.25. The fraction of sp³-hybridized carbons (Fsp3) is 0.318. The second-order valence-electron chi connectivity index (χ2n) is 7.22. The average Bonchev–Trinajstić information content (AvgIpc) is 2.98. The Bertz CT molecular complexity index is 918. The maximum atomic E-state index is 12.7. The highest BCUT2D eigenvalue weighted by atomic mass is 16.2. The van der Waals surface area contributed by atoms with E-state index in [1.54, 1.807) is 0 Å². The van der Waals surface area contributed by atoms with E-state index in [1.165, 1.54) is 22.0 Å². The number of hydrogen-bond acceptors (Lipinski definition) is 2. The molecule has 2 aromatic carbocycles. The van der Waals surface area contributed by atoms with Gasteiger partial charge in [-0.05, 0) is 30.7 Å². The van der Waals surface area contributed by atoms with Gasteiger partial charge in [-0.2, -0.15) is 0 Å². The van der Waals surface area contributed by atoms with Gasteiger partial charge in [0.15, 0.2) is 0 Å². The van der Waals surface area contributed by atoms with Gasteiger partial charge < -0.3 is 9.47 Å². The Kier molecular flexibility index (Phi) is 4.51. The lowest BCUT2D eigenvalue weighted by Crippen LogP contribution is -2.48. The lowest BCUT2D eigenvalue weighted by molar-refractivity contribution is 0.0629. The summed E-state index contributed by atoms with van der Waals surface area (Å²) in [5.41, 5.74) is 4.61. The molecular weight excluding hydrogens is 322 g/mol. The first-order valence-electron chi connectivity index (χ1n) is 9.23. The van der Waals surface area contributed by atoms with Gasteiger partial charge in [-0.3, -0.25) is 9.69 Å². The number of aryl methyl sites for hydroxylation is 2. The van der Waals surface area contributed by atoms with Crippen molar-refractivity contribution in [2.75, 3.05) is 26.2 Å². The number of amides is 1. The molecule has 0 bridgehead atoms. The van der Waals surface area contributed by atoms with Gasteiger partial charge in [-0.15, -0.1) is 0 Å². The van der Waals surface area contributed by atoms with Gasteiger partial charge >= 0.3 is 0 Å². The smallest absolute Gasteiger partial charge is 0.253 e. The number of nitrogens with zero attached hydrogens (tertiary/aromatic N) is 3. The summed E-state index contributed by atoms with van der Waals surface area (Å²) < 4.78 is 2.20. The van der Waals surface area contributed by atoms with Crippen LogP contribution in [0.4, 0.5) is 0 Å². The Balaban J connectivity index is 1.40. The van der Waals surface area contributed by atoms with Gasteiger partial charge in [0.2, 0.25) is 0 Å². The van der Waals surface area contributed by atoms with E-state index in [1.807, 2.05) is 36.1 Å². The van der Waals surface area contributed by atoms with Gasteiger partial charge in [0, 0.05) is 62.4 Å². The Morgan fingerprint density at radius 2 is 1.65 bits per heavy atom. The lowest BCUT2D eigenvalue weighted by Gasteiger charge is -2.34. The number of aromatic nitrogens is 1. The third-order valence-corrected chi connectivity index (χ3v) is 5.33. The summed E-state index contributed by atoms with van der Waals surface area (Å²) in [6, 6.07) is 16.4. The molecule has 26 heavy (non-hydrogen) atoms. The number of carbonyl (C=O) groups is 1. The van der Waals surface area contributed by atoms with Crippen LogP contribution in [0.2, 0.25) is 0 Å². The van der Waals surface area contributed by atoms with E-state index in [0.29, 0.717) is 0 Å². The summed E-state index contributed by atoms with van der Waals surface area (Å²) in [7, 11) is 2.10. The Morgan fingerprint density at radius 3 is 2.38 bits per heavy atom. The number of para-hydroxylation sites is 1. The first-order chi connectivity index (χ1) is 12.6. The van der Waals surface area contributed by atoms with Gasteiger partial charge in [0.1, 0.15) is 0 Å². The number of fused-ring (bicyclic) bond motifs is 1. The van der Waals surface area contributed by atoms with E-state index in [9.17, 15) is 4.79 Å². The Labute approximate surface area is 154 Å². The summed E-state index contributed by atoms with van der Waals surface area (Å²) in [4.78, 5) is 17.1. The van der Waals surface area contributed by atoms with Crippen molar-refractivity contribution in [1.82, 2.24) is 14.4 Å². The number of carbonyl (C=O) groups excluding carboxylic acids is 1. The predicted octanol–water partition coefficient (Wildman–Crippen LogP) is 3.44. The van der Waals surface area contributed by atoms with Crippen molar-refractivity contribution in [3.8, 4) is 0 Å². The molecule has 1 aliphatic heterocycles. The fourth-order valence-electron chi connectivity index (χ4n) is 3.78. The van der Waals surface area contributed by atoms with Crippen LogP contribution >= 0.6 is 0 Å². The lowest BCUT2D eigenvalue weighted by atomic mass is 10.1. The van der Waals surface area contributed by atoms with Crippen molar-refractivity contribution in [3.05, 3.63) is 71.4 Å². The quantitative estimate of drug-likeness (QED) is 0.726. The molecule has 1 aliphatic rings. The molecule has 4 rings (SSSR count). The first-order valence-corrected chi connectivity index (χ1v) is 9.23. The second kappa shape index (κ2) is 6.96. The number of piperazine rings is 1. The zero-order chi connectivity index (χ0) is 18.1. The summed E-state index contributed by atoms with van der Waals surface area (Å²) in [6.45, 7) is 6.39. The van der Waals surface area contributed by atoms with E-state index in [4.69, 9.17) is 0 Å². The van der Waals surface area contributed by atoms with E-state index < -0.39 is 0 Å². The number of benzene rings is 2.